The molecule has 1 fully saturated rings. The Hall–Kier alpha value is -2.24. The minimum atomic E-state index is -3.62. The predicted molar refractivity (Wildman–Crippen MR) is 109 cm³/mol. The van der Waals surface area contributed by atoms with Crippen LogP contribution in [-0.2, 0) is 24.3 Å². The summed E-state index contributed by atoms with van der Waals surface area (Å²) >= 11 is 11.5. The first kappa shape index (κ1) is 22.4. The van der Waals surface area contributed by atoms with Crippen LogP contribution in [0.25, 0.3) is 0 Å². The molecule has 0 unspecified atom stereocenters. The van der Waals surface area contributed by atoms with E-state index < -0.39 is 28.5 Å². The lowest BCUT2D eigenvalue weighted by atomic mass is 10.3. The highest BCUT2D eigenvalue weighted by Crippen LogP contribution is 2.21. The van der Waals surface area contributed by atoms with Gasteiger partial charge in [0.05, 0.1) is 28.7 Å². The molecule has 30 heavy (non-hydrogen) atoms. The molecule has 3 rings (SSSR count). The Labute approximate surface area is 182 Å². The average Bonchev–Trinajstić information content (AvgIpc) is 2.75. The first-order chi connectivity index (χ1) is 14.3. The lowest BCUT2D eigenvalue weighted by molar-refractivity contribution is -0.119. The van der Waals surface area contributed by atoms with Crippen LogP contribution in [0.15, 0.2) is 41.4 Å². The Kier molecular flexibility index (Phi) is 7.27. The van der Waals surface area contributed by atoms with Gasteiger partial charge >= 0.3 is 5.97 Å². The molecule has 0 radical (unpaired) electrons. The van der Waals surface area contributed by atoms with E-state index in [1.165, 1.54) is 40.8 Å². The maximum absolute atomic E-state index is 12.6. The Morgan fingerprint density at radius 1 is 1.17 bits per heavy atom. The van der Waals surface area contributed by atoms with E-state index in [-0.39, 0.29) is 20.6 Å². The van der Waals surface area contributed by atoms with E-state index in [1.807, 2.05) is 0 Å². The number of morpholine rings is 1. The standard InChI is InChI=1S/C18H17Cl2N3O6S/c19-15-9-12(10-21-17(15)20)18(25)29-11-16(24)22-13-1-3-14(4-2-13)30(26,27)23-5-7-28-8-6-23/h1-4,9-10H,5-8,11H2,(H,22,24). The molecular formula is C18H17Cl2N3O6S. The summed E-state index contributed by atoms with van der Waals surface area (Å²) in [5.74, 6) is -1.39. The van der Waals surface area contributed by atoms with Gasteiger partial charge in [-0.15, -0.1) is 0 Å². The van der Waals surface area contributed by atoms with Crippen molar-refractivity contribution in [3.05, 3.63) is 52.3 Å². The van der Waals surface area contributed by atoms with Gasteiger partial charge in [-0.05, 0) is 30.3 Å². The Morgan fingerprint density at radius 2 is 1.83 bits per heavy atom. The van der Waals surface area contributed by atoms with E-state index >= 15 is 0 Å². The molecule has 1 aromatic carbocycles. The van der Waals surface area contributed by atoms with Crippen molar-refractivity contribution in [1.82, 2.24) is 9.29 Å². The molecule has 1 amide bonds. The number of nitrogens with zero attached hydrogens (tertiary/aromatic N) is 2. The molecule has 1 aliphatic heterocycles. The van der Waals surface area contributed by atoms with Gasteiger partial charge in [0.15, 0.2) is 6.61 Å². The number of ether oxygens (including phenoxy) is 2. The van der Waals surface area contributed by atoms with Gasteiger partial charge in [-0.2, -0.15) is 4.31 Å². The van der Waals surface area contributed by atoms with Crippen molar-refractivity contribution in [2.45, 2.75) is 4.90 Å². The average molecular weight is 474 g/mol. The molecule has 2 heterocycles. The molecule has 0 aliphatic carbocycles. The molecule has 160 valence electrons. The number of nitrogens with one attached hydrogen (secondary N) is 1. The smallest absolute Gasteiger partial charge is 0.340 e. The van der Waals surface area contributed by atoms with Crippen LogP contribution in [-0.4, -0.2) is 62.5 Å². The van der Waals surface area contributed by atoms with E-state index in [9.17, 15) is 18.0 Å². The number of anilines is 1. The molecule has 1 aliphatic rings. The minimum absolute atomic E-state index is 0.0463. The SMILES string of the molecule is O=C(COC(=O)c1cnc(Cl)c(Cl)c1)Nc1ccc(S(=O)(=O)N2CCOCC2)cc1. The third-order valence-corrected chi connectivity index (χ3v) is 6.71. The molecule has 0 bridgehead atoms. The topological polar surface area (TPSA) is 115 Å². The van der Waals surface area contributed by atoms with E-state index in [4.69, 9.17) is 32.7 Å². The van der Waals surface area contributed by atoms with Gasteiger partial charge < -0.3 is 14.8 Å². The molecule has 0 atom stereocenters. The van der Waals surface area contributed by atoms with Crippen LogP contribution < -0.4 is 5.32 Å². The monoisotopic (exact) mass is 473 g/mol. The highest BCUT2D eigenvalue weighted by atomic mass is 35.5. The van der Waals surface area contributed by atoms with Crippen molar-refractivity contribution in [3.63, 3.8) is 0 Å². The van der Waals surface area contributed by atoms with Gasteiger partial charge in [-0.25, -0.2) is 18.2 Å². The van der Waals surface area contributed by atoms with Crippen molar-refractivity contribution in [2.75, 3.05) is 38.2 Å². The zero-order chi connectivity index (χ0) is 21.7. The number of pyridine rings is 1. The maximum Gasteiger partial charge on any atom is 0.340 e. The fourth-order valence-electron chi connectivity index (χ4n) is 2.59. The summed E-state index contributed by atoms with van der Waals surface area (Å²) in [6, 6.07) is 6.98. The van der Waals surface area contributed by atoms with Gasteiger partial charge in [-0.3, -0.25) is 4.79 Å². The molecule has 1 aromatic heterocycles. The number of amides is 1. The quantitative estimate of drug-likeness (QED) is 0.504. The van der Waals surface area contributed by atoms with E-state index in [0.717, 1.165) is 0 Å². The number of esters is 1. The van der Waals surface area contributed by atoms with E-state index in [2.05, 4.69) is 10.3 Å². The summed E-state index contributed by atoms with van der Waals surface area (Å²) in [6.07, 6.45) is 1.18. The number of halogens is 2. The molecule has 1 saturated heterocycles. The first-order valence-corrected chi connectivity index (χ1v) is 10.9. The van der Waals surface area contributed by atoms with Crippen molar-refractivity contribution in [2.24, 2.45) is 0 Å². The second-order valence-electron chi connectivity index (χ2n) is 6.16. The second-order valence-corrected chi connectivity index (χ2v) is 8.86. The van der Waals surface area contributed by atoms with Crippen LogP contribution in [0.3, 0.4) is 0 Å². The zero-order valence-electron chi connectivity index (χ0n) is 15.5. The van der Waals surface area contributed by atoms with E-state index in [1.54, 1.807) is 0 Å². The lowest BCUT2D eigenvalue weighted by Gasteiger charge is -2.26. The number of hydrogen-bond acceptors (Lipinski definition) is 7. The number of carbonyl (C=O) groups is 2. The minimum Gasteiger partial charge on any atom is -0.452 e. The van der Waals surface area contributed by atoms with Gasteiger partial charge in [0.1, 0.15) is 5.15 Å². The highest BCUT2D eigenvalue weighted by molar-refractivity contribution is 7.89. The molecule has 0 spiro atoms. The third kappa shape index (κ3) is 5.46. The molecule has 0 saturated carbocycles. The molecular weight excluding hydrogens is 457 g/mol. The summed E-state index contributed by atoms with van der Waals surface area (Å²) in [5, 5.41) is 2.65. The summed E-state index contributed by atoms with van der Waals surface area (Å²) in [6.45, 7) is 0.739. The summed E-state index contributed by atoms with van der Waals surface area (Å²) in [5.41, 5.74) is 0.406. The Balaban J connectivity index is 1.55. The third-order valence-electron chi connectivity index (χ3n) is 4.11. The number of benzene rings is 1. The fraction of sp³-hybridized carbons (Fsp3) is 0.278. The van der Waals surface area contributed by atoms with E-state index in [0.29, 0.717) is 32.0 Å². The Morgan fingerprint density at radius 3 is 2.47 bits per heavy atom. The molecule has 12 heteroatoms. The van der Waals surface area contributed by atoms with Crippen molar-refractivity contribution in [3.8, 4) is 0 Å². The number of carbonyl (C=O) groups excluding carboxylic acids is 2. The van der Waals surface area contributed by atoms with Crippen LogP contribution in [0.4, 0.5) is 5.69 Å². The fourth-order valence-corrected chi connectivity index (χ4v) is 4.27. The van der Waals surface area contributed by atoms with Crippen LogP contribution >= 0.6 is 23.2 Å². The number of hydrogen-bond donors (Lipinski definition) is 1. The van der Waals surface area contributed by atoms with Crippen LogP contribution in [0.5, 0.6) is 0 Å². The van der Waals surface area contributed by atoms with Gasteiger partial charge in [-0.1, -0.05) is 23.2 Å². The van der Waals surface area contributed by atoms with Crippen LogP contribution in [0, 0.1) is 0 Å². The van der Waals surface area contributed by atoms with Crippen molar-refractivity contribution >= 4 is 50.8 Å². The molecule has 2 aromatic rings. The number of rotatable bonds is 6. The molecule has 1 N–H and O–H groups in total. The maximum atomic E-state index is 12.6. The second kappa shape index (κ2) is 9.71. The van der Waals surface area contributed by atoms with Crippen LogP contribution in [0.2, 0.25) is 10.2 Å². The zero-order valence-corrected chi connectivity index (χ0v) is 17.8. The number of sulfonamides is 1. The Bertz CT molecular complexity index is 1040. The normalized spacial score (nSPS) is 14.9. The highest BCUT2D eigenvalue weighted by Gasteiger charge is 2.26. The largest absolute Gasteiger partial charge is 0.452 e. The predicted octanol–water partition coefficient (Wildman–Crippen LogP) is 2.20. The van der Waals surface area contributed by atoms with Gasteiger partial charge in [0.25, 0.3) is 5.91 Å². The van der Waals surface area contributed by atoms with Gasteiger partial charge in [0, 0.05) is 25.0 Å². The first-order valence-electron chi connectivity index (χ1n) is 8.73. The van der Waals surface area contributed by atoms with Gasteiger partial charge in [0.2, 0.25) is 10.0 Å². The summed E-state index contributed by atoms with van der Waals surface area (Å²) < 4.78 is 36.6. The summed E-state index contributed by atoms with van der Waals surface area (Å²) in [4.78, 5) is 27.8. The molecule has 9 nitrogen and oxygen atoms in total. The lowest BCUT2D eigenvalue weighted by Crippen LogP contribution is -2.40. The summed E-state index contributed by atoms with van der Waals surface area (Å²) in [7, 11) is -3.62. The van der Waals surface area contributed by atoms with Crippen LogP contribution in [0.1, 0.15) is 10.4 Å². The van der Waals surface area contributed by atoms with Crippen molar-refractivity contribution < 1.29 is 27.5 Å². The number of aromatic nitrogens is 1. The van der Waals surface area contributed by atoms with Crippen molar-refractivity contribution in [1.29, 1.82) is 0 Å².